The summed E-state index contributed by atoms with van der Waals surface area (Å²) in [6.07, 6.45) is 2.93. The summed E-state index contributed by atoms with van der Waals surface area (Å²) in [4.78, 5) is 12.2. The quantitative estimate of drug-likeness (QED) is 0.751. The molecule has 1 heterocycles. The Kier molecular flexibility index (Phi) is 6.78. The highest BCUT2D eigenvalue weighted by molar-refractivity contribution is 6.42. The van der Waals surface area contributed by atoms with Gasteiger partial charge in [-0.15, -0.1) is 0 Å². The molecule has 6 heteroatoms. The Morgan fingerprint density at radius 1 is 1.19 bits per heavy atom. The van der Waals surface area contributed by atoms with E-state index >= 15 is 0 Å². The molecule has 0 aliphatic carbocycles. The van der Waals surface area contributed by atoms with E-state index in [1.54, 1.807) is 30.3 Å². The van der Waals surface area contributed by atoms with Crippen LogP contribution in [0.25, 0.3) is 0 Å². The molecule has 2 aromatic rings. The molecule has 0 radical (unpaired) electrons. The van der Waals surface area contributed by atoms with Crippen molar-refractivity contribution in [3.05, 3.63) is 63.6 Å². The SMILES string of the molecule is O=C(NCCc1cccc(Cl)c1Cl)c1ccc(OCC2CCCO2)cc1. The van der Waals surface area contributed by atoms with Crippen LogP contribution in [0, 0.1) is 0 Å². The van der Waals surface area contributed by atoms with Gasteiger partial charge in [-0.2, -0.15) is 0 Å². The fraction of sp³-hybridized carbons (Fsp3) is 0.350. The largest absolute Gasteiger partial charge is 0.491 e. The molecule has 26 heavy (non-hydrogen) atoms. The molecule has 1 atom stereocenters. The van der Waals surface area contributed by atoms with Crippen LogP contribution in [0.15, 0.2) is 42.5 Å². The monoisotopic (exact) mass is 393 g/mol. The lowest BCUT2D eigenvalue weighted by Gasteiger charge is -2.12. The third-order valence-corrected chi connectivity index (χ3v) is 5.15. The number of rotatable bonds is 7. The molecule has 138 valence electrons. The molecule has 1 saturated heterocycles. The number of nitrogens with one attached hydrogen (secondary N) is 1. The minimum atomic E-state index is -0.131. The Balaban J connectivity index is 1.46. The summed E-state index contributed by atoms with van der Waals surface area (Å²) in [5, 5.41) is 3.95. The van der Waals surface area contributed by atoms with Gasteiger partial charge in [0.15, 0.2) is 0 Å². The van der Waals surface area contributed by atoms with Crippen molar-refractivity contribution in [2.24, 2.45) is 0 Å². The zero-order chi connectivity index (χ0) is 18.4. The van der Waals surface area contributed by atoms with E-state index in [-0.39, 0.29) is 12.0 Å². The first-order valence-corrected chi connectivity index (χ1v) is 9.44. The van der Waals surface area contributed by atoms with Crippen molar-refractivity contribution in [3.8, 4) is 5.75 Å². The van der Waals surface area contributed by atoms with Gasteiger partial charge >= 0.3 is 0 Å². The van der Waals surface area contributed by atoms with E-state index in [0.717, 1.165) is 30.8 Å². The number of amides is 1. The zero-order valence-electron chi connectivity index (χ0n) is 14.3. The summed E-state index contributed by atoms with van der Waals surface area (Å²) in [7, 11) is 0. The predicted molar refractivity (Wildman–Crippen MR) is 103 cm³/mol. The number of hydrogen-bond acceptors (Lipinski definition) is 3. The third-order valence-electron chi connectivity index (χ3n) is 4.29. The van der Waals surface area contributed by atoms with Gasteiger partial charge < -0.3 is 14.8 Å². The van der Waals surface area contributed by atoms with Crippen LogP contribution in [0.1, 0.15) is 28.8 Å². The van der Waals surface area contributed by atoms with Crippen LogP contribution in [0.3, 0.4) is 0 Å². The van der Waals surface area contributed by atoms with Crippen molar-refractivity contribution in [3.63, 3.8) is 0 Å². The highest BCUT2D eigenvalue weighted by Crippen LogP contribution is 2.25. The summed E-state index contributed by atoms with van der Waals surface area (Å²) in [5.74, 6) is 0.608. The maximum absolute atomic E-state index is 12.2. The average Bonchev–Trinajstić information content (AvgIpc) is 3.17. The molecule has 3 rings (SSSR count). The molecule has 1 aliphatic rings. The summed E-state index contributed by atoms with van der Waals surface area (Å²) >= 11 is 12.1. The summed E-state index contributed by atoms with van der Waals surface area (Å²) in [5.41, 5.74) is 1.50. The molecule has 1 N–H and O–H groups in total. The number of carbonyl (C=O) groups excluding carboxylic acids is 1. The van der Waals surface area contributed by atoms with E-state index in [0.29, 0.717) is 35.2 Å². The van der Waals surface area contributed by atoms with Gasteiger partial charge in [-0.25, -0.2) is 0 Å². The van der Waals surface area contributed by atoms with E-state index in [9.17, 15) is 4.79 Å². The maximum Gasteiger partial charge on any atom is 0.251 e. The minimum Gasteiger partial charge on any atom is -0.491 e. The van der Waals surface area contributed by atoms with E-state index in [1.165, 1.54) is 0 Å². The van der Waals surface area contributed by atoms with E-state index in [4.69, 9.17) is 32.7 Å². The molecule has 1 aliphatic heterocycles. The first-order valence-electron chi connectivity index (χ1n) is 8.69. The van der Waals surface area contributed by atoms with Gasteiger partial charge in [0.1, 0.15) is 12.4 Å². The lowest BCUT2D eigenvalue weighted by atomic mass is 10.1. The van der Waals surface area contributed by atoms with Crippen molar-refractivity contribution in [2.75, 3.05) is 19.8 Å². The molecular weight excluding hydrogens is 373 g/mol. The number of halogens is 2. The van der Waals surface area contributed by atoms with Crippen LogP contribution in [-0.2, 0) is 11.2 Å². The Morgan fingerprint density at radius 2 is 2.00 bits per heavy atom. The summed E-state index contributed by atoms with van der Waals surface area (Å²) < 4.78 is 11.2. The number of benzene rings is 2. The number of hydrogen-bond donors (Lipinski definition) is 1. The predicted octanol–water partition coefficient (Wildman–Crippen LogP) is 4.52. The van der Waals surface area contributed by atoms with Crippen molar-refractivity contribution < 1.29 is 14.3 Å². The molecule has 0 spiro atoms. The smallest absolute Gasteiger partial charge is 0.251 e. The zero-order valence-corrected chi connectivity index (χ0v) is 15.9. The molecule has 2 aromatic carbocycles. The second-order valence-electron chi connectivity index (χ2n) is 6.19. The van der Waals surface area contributed by atoms with E-state index < -0.39 is 0 Å². The molecule has 0 saturated carbocycles. The van der Waals surface area contributed by atoms with E-state index in [2.05, 4.69) is 5.32 Å². The van der Waals surface area contributed by atoms with Gasteiger partial charge in [-0.05, 0) is 55.2 Å². The summed E-state index contributed by atoms with van der Waals surface area (Å²) in [6.45, 7) is 1.84. The lowest BCUT2D eigenvalue weighted by Crippen LogP contribution is -2.25. The Hall–Kier alpha value is -1.75. The average molecular weight is 394 g/mol. The standard InChI is InChI=1S/C20H21Cl2NO3/c21-18-5-1-3-14(19(18)22)10-11-23-20(24)15-6-8-16(9-7-15)26-13-17-4-2-12-25-17/h1,3,5-9,17H,2,4,10-13H2,(H,23,24). The van der Waals surface area contributed by atoms with E-state index in [1.807, 2.05) is 12.1 Å². The maximum atomic E-state index is 12.2. The highest BCUT2D eigenvalue weighted by Gasteiger charge is 2.16. The molecular formula is C20H21Cl2NO3. The van der Waals surface area contributed by atoms with Crippen LogP contribution in [0.5, 0.6) is 5.75 Å². The van der Waals surface area contributed by atoms with Crippen LogP contribution < -0.4 is 10.1 Å². The van der Waals surface area contributed by atoms with Crippen molar-refractivity contribution >= 4 is 29.1 Å². The number of carbonyl (C=O) groups is 1. The Morgan fingerprint density at radius 3 is 2.73 bits per heavy atom. The van der Waals surface area contributed by atoms with Gasteiger partial charge in [0.05, 0.1) is 16.1 Å². The van der Waals surface area contributed by atoms with Gasteiger partial charge in [0.2, 0.25) is 0 Å². The fourth-order valence-electron chi connectivity index (χ4n) is 2.82. The molecule has 0 bridgehead atoms. The van der Waals surface area contributed by atoms with Gasteiger partial charge in [0, 0.05) is 18.7 Å². The topological polar surface area (TPSA) is 47.6 Å². The number of ether oxygens (including phenoxy) is 2. The highest BCUT2D eigenvalue weighted by atomic mass is 35.5. The first kappa shape index (κ1) is 19.0. The molecule has 4 nitrogen and oxygen atoms in total. The molecule has 1 fully saturated rings. The van der Waals surface area contributed by atoms with Crippen LogP contribution in [-0.4, -0.2) is 31.8 Å². The fourth-order valence-corrected chi connectivity index (χ4v) is 3.24. The minimum absolute atomic E-state index is 0.131. The van der Waals surface area contributed by atoms with Crippen LogP contribution in [0.4, 0.5) is 0 Å². The van der Waals surface area contributed by atoms with Gasteiger partial charge in [-0.3, -0.25) is 4.79 Å². The summed E-state index contributed by atoms with van der Waals surface area (Å²) in [6, 6.07) is 12.6. The Labute approximate surface area is 163 Å². The molecule has 1 unspecified atom stereocenters. The normalized spacial score (nSPS) is 16.5. The van der Waals surface area contributed by atoms with Gasteiger partial charge in [-0.1, -0.05) is 35.3 Å². The Bertz CT molecular complexity index is 743. The molecule has 0 aromatic heterocycles. The van der Waals surface area contributed by atoms with Crippen molar-refractivity contribution in [1.29, 1.82) is 0 Å². The van der Waals surface area contributed by atoms with Crippen LogP contribution in [0.2, 0.25) is 10.0 Å². The third kappa shape index (κ3) is 5.13. The van der Waals surface area contributed by atoms with Crippen molar-refractivity contribution in [2.45, 2.75) is 25.4 Å². The van der Waals surface area contributed by atoms with Crippen LogP contribution >= 0.6 is 23.2 Å². The second-order valence-corrected chi connectivity index (χ2v) is 6.97. The second kappa shape index (κ2) is 9.26. The van der Waals surface area contributed by atoms with Gasteiger partial charge in [0.25, 0.3) is 5.91 Å². The van der Waals surface area contributed by atoms with Crippen molar-refractivity contribution in [1.82, 2.24) is 5.32 Å². The first-order chi connectivity index (χ1) is 12.6. The molecule has 1 amide bonds. The lowest BCUT2D eigenvalue weighted by molar-refractivity contribution is 0.0679.